The van der Waals surface area contributed by atoms with Gasteiger partial charge in [0.2, 0.25) is 0 Å². The lowest BCUT2D eigenvalue weighted by Crippen LogP contribution is -2.45. The first-order valence-corrected chi connectivity index (χ1v) is 6.26. The Labute approximate surface area is 112 Å². The molecule has 0 fully saturated rings. The number of amides is 1. The van der Waals surface area contributed by atoms with Crippen LogP contribution in [0.2, 0.25) is 0 Å². The summed E-state index contributed by atoms with van der Waals surface area (Å²) in [5, 5.41) is 6.49. The van der Waals surface area contributed by atoms with Crippen LogP contribution in [-0.4, -0.2) is 30.2 Å². The normalized spacial score (nSPS) is 12.3. The molecule has 1 rings (SSSR count). The van der Waals surface area contributed by atoms with Crippen LogP contribution in [-0.2, 0) is 16.0 Å². The molecule has 6 heteroatoms. The third-order valence-corrected chi connectivity index (χ3v) is 2.90. The van der Waals surface area contributed by atoms with Gasteiger partial charge in [-0.3, -0.25) is 4.79 Å². The van der Waals surface area contributed by atoms with Crippen LogP contribution in [0.25, 0.3) is 0 Å². The summed E-state index contributed by atoms with van der Waals surface area (Å²) in [6.07, 6.45) is 0.588. The summed E-state index contributed by atoms with van der Waals surface area (Å²) in [7, 11) is 1.30. The Balaban J connectivity index is 2.94. The third kappa shape index (κ3) is 3.33. The van der Waals surface area contributed by atoms with Crippen molar-refractivity contribution in [1.82, 2.24) is 10.5 Å². The number of methoxy groups -OCH3 is 1. The van der Waals surface area contributed by atoms with Crippen molar-refractivity contribution in [3.63, 3.8) is 0 Å². The third-order valence-electron chi connectivity index (χ3n) is 2.90. The number of rotatable bonds is 5. The summed E-state index contributed by atoms with van der Waals surface area (Å²) in [6.45, 7) is 7.23. The van der Waals surface area contributed by atoms with E-state index in [0.29, 0.717) is 23.4 Å². The minimum Gasteiger partial charge on any atom is -0.467 e. The van der Waals surface area contributed by atoms with Gasteiger partial charge in [0.05, 0.1) is 12.8 Å². The SMILES string of the molecule is CCc1noc(C)c1C(=O)NC(C(=O)OC)C(C)C. The maximum Gasteiger partial charge on any atom is 0.328 e. The Morgan fingerprint density at radius 1 is 1.42 bits per heavy atom. The molecular weight excluding hydrogens is 248 g/mol. The largest absolute Gasteiger partial charge is 0.467 e. The maximum atomic E-state index is 12.2. The highest BCUT2D eigenvalue weighted by molar-refractivity contribution is 5.98. The maximum absolute atomic E-state index is 12.2. The average Bonchev–Trinajstić information content (AvgIpc) is 2.75. The summed E-state index contributed by atoms with van der Waals surface area (Å²) in [5.41, 5.74) is 0.986. The molecule has 0 aliphatic rings. The molecule has 1 unspecified atom stereocenters. The molecule has 0 aliphatic carbocycles. The van der Waals surface area contributed by atoms with Gasteiger partial charge in [-0.15, -0.1) is 0 Å². The van der Waals surface area contributed by atoms with Gasteiger partial charge in [0.25, 0.3) is 5.91 Å². The van der Waals surface area contributed by atoms with Crippen molar-refractivity contribution < 1.29 is 18.8 Å². The van der Waals surface area contributed by atoms with Gasteiger partial charge in [-0.05, 0) is 19.3 Å². The van der Waals surface area contributed by atoms with Crippen molar-refractivity contribution in [3.8, 4) is 0 Å². The van der Waals surface area contributed by atoms with Gasteiger partial charge >= 0.3 is 5.97 Å². The molecule has 0 aliphatic heterocycles. The van der Waals surface area contributed by atoms with E-state index in [2.05, 4.69) is 15.2 Å². The number of hydrogen-bond acceptors (Lipinski definition) is 5. The zero-order chi connectivity index (χ0) is 14.6. The highest BCUT2D eigenvalue weighted by atomic mass is 16.5. The van der Waals surface area contributed by atoms with E-state index < -0.39 is 12.0 Å². The van der Waals surface area contributed by atoms with Crippen LogP contribution in [0.5, 0.6) is 0 Å². The number of nitrogens with one attached hydrogen (secondary N) is 1. The summed E-state index contributed by atoms with van der Waals surface area (Å²) >= 11 is 0. The topological polar surface area (TPSA) is 81.4 Å². The molecule has 1 aromatic heterocycles. The first kappa shape index (κ1) is 15.2. The van der Waals surface area contributed by atoms with Gasteiger partial charge in [0.15, 0.2) is 0 Å². The predicted octanol–water partition coefficient (Wildman–Crippen LogP) is 1.47. The fourth-order valence-electron chi connectivity index (χ4n) is 1.79. The minimum absolute atomic E-state index is 0.0679. The van der Waals surface area contributed by atoms with Gasteiger partial charge in [0.1, 0.15) is 17.4 Å². The second kappa shape index (κ2) is 6.36. The van der Waals surface area contributed by atoms with Gasteiger partial charge in [0, 0.05) is 0 Å². The van der Waals surface area contributed by atoms with Gasteiger partial charge in [-0.1, -0.05) is 25.9 Å². The number of aromatic nitrogens is 1. The Morgan fingerprint density at radius 2 is 2.05 bits per heavy atom. The van der Waals surface area contributed by atoms with Gasteiger partial charge in [-0.2, -0.15) is 0 Å². The van der Waals surface area contributed by atoms with Crippen LogP contribution in [0.4, 0.5) is 0 Å². The number of hydrogen-bond donors (Lipinski definition) is 1. The summed E-state index contributed by atoms with van der Waals surface area (Å²) in [6, 6.07) is -0.684. The van der Waals surface area contributed by atoms with Gasteiger partial charge in [-0.25, -0.2) is 4.79 Å². The van der Waals surface area contributed by atoms with Crippen LogP contribution >= 0.6 is 0 Å². The molecule has 1 N–H and O–H groups in total. The molecule has 1 amide bonds. The molecular formula is C13H20N2O4. The van der Waals surface area contributed by atoms with Crippen LogP contribution in [0.15, 0.2) is 4.52 Å². The molecule has 0 saturated heterocycles. The van der Waals surface area contributed by atoms with Crippen LogP contribution in [0, 0.1) is 12.8 Å². The number of nitrogens with zero attached hydrogens (tertiary/aromatic N) is 1. The predicted molar refractivity (Wildman–Crippen MR) is 68.7 cm³/mol. The standard InChI is InChI=1S/C13H20N2O4/c1-6-9-10(8(4)19-15-9)12(16)14-11(7(2)3)13(17)18-5/h7,11H,6H2,1-5H3,(H,14,16). The zero-order valence-electron chi connectivity index (χ0n) is 11.9. The molecule has 0 radical (unpaired) electrons. The van der Waals surface area contributed by atoms with Crippen molar-refractivity contribution in [3.05, 3.63) is 17.0 Å². The average molecular weight is 268 g/mol. The lowest BCUT2D eigenvalue weighted by Gasteiger charge is -2.19. The number of esters is 1. The van der Waals surface area contributed by atoms with E-state index in [4.69, 9.17) is 4.52 Å². The second-order valence-electron chi connectivity index (χ2n) is 4.63. The lowest BCUT2D eigenvalue weighted by molar-refractivity contribution is -0.144. The molecule has 1 atom stereocenters. The van der Waals surface area contributed by atoms with Crippen LogP contribution < -0.4 is 5.32 Å². The van der Waals surface area contributed by atoms with E-state index >= 15 is 0 Å². The van der Waals surface area contributed by atoms with E-state index in [9.17, 15) is 9.59 Å². The molecule has 6 nitrogen and oxygen atoms in total. The zero-order valence-corrected chi connectivity index (χ0v) is 11.9. The Bertz CT molecular complexity index is 465. The summed E-state index contributed by atoms with van der Waals surface area (Å²) in [5.74, 6) is -0.446. The molecule has 0 saturated carbocycles. The minimum atomic E-state index is -0.684. The molecule has 0 aromatic carbocycles. The first-order valence-electron chi connectivity index (χ1n) is 6.26. The van der Waals surface area contributed by atoms with Crippen molar-refractivity contribution in [1.29, 1.82) is 0 Å². The van der Waals surface area contributed by atoms with Crippen molar-refractivity contribution in [2.75, 3.05) is 7.11 Å². The quantitative estimate of drug-likeness (QED) is 0.818. The number of ether oxygens (including phenoxy) is 1. The Morgan fingerprint density at radius 3 is 2.53 bits per heavy atom. The van der Waals surface area contributed by atoms with E-state index in [1.165, 1.54) is 7.11 Å². The van der Waals surface area contributed by atoms with E-state index in [-0.39, 0.29) is 11.8 Å². The molecule has 1 aromatic rings. The molecule has 0 bridgehead atoms. The number of carbonyl (C=O) groups is 2. The summed E-state index contributed by atoms with van der Waals surface area (Å²) < 4.78 is 9.70. The summed E-state index contributed by atoms with van der Waals surface area (Å²) in [4.78, 5) is 23.8. The highest BCUT2D eigenvalue weighted by Gasteiger charge is 2.28. The molecule has 1 heterocycles. The van der Waals surface area contributed by atoms with Crippen LogP contribution in [0.3, 0.4) is 0 Å². The second-order valence-corrected chi connectivity index (χ2v) is 4.63. The van der Waals surface area contributed by atoms with Crippen molar-refractivity contribution >= 4 is 11.9 Å². The Kier molecular flexibility index (Phi) is 5.09. The highest BCUT2D eigenvalue weighted by Crippen LogP contribution is 2.15. The Hall–Kier alpha value is -1.85. The fraction of sp³-hybridized carbons (Fsp3) is 0.615. The first-order chi connectivity index (χ1) is 8.92. The van der Waals surface area contributed by atoms with E-state index in [1.807, 2.05) is 20.8 Å². The lowest BCUT2D eigenvalue weighted by atomic mass is 10.0. The van der Waals surface area contributed by atoms with Crippen molar-refractivity contribution in [2.45, 2.75) is 40.2 Å². The number of carbonyl (C=O) groups excluding carboxylic acids is 2. The van der Waals surface area contributed by atoms with Crippen LogP contribution in [0.1, 0.15) is 42.6 Å². The fourth-order valence-corrected chi connectivity index (χ4v) is 1.79. The molecule has 19 heavy (non-hydrogen) atoms. The monoisotopic (exact) mass is 268 g/mol. The number of aryl methyl sites for hydroxylation is 2. The molecule has 0 spiro atoms. The smallest absolute Gasteiger partial charge is 0.328 e. The van der Waals surface area contributed by atoms with E-state index in [0.717, 1.165) is 0 Å². The van der Waals surface area contributed by atoms with E-state index in [1.54, 1.807) is 6.92 Å². The van der Waals surface area contributed by atoms with Gasteiger partial charge < -0.3 is 14.6 Å². The molecule has 106 valence electrons. The van der Waals surface area contributed by atoms with Crippen molar-refractivity contribution in [2.24, 2.45) is 5.92 Å².